The molecule has 1 aliphatic rings. The van der Waals surface area contributed by atoms with Gasteiger partial charge in [0.05, 0.1) is 17.3 Å². The molecule has 5 rings (SSSR count). The zero-order valence-corrected chi connectivity index (χ0v) is 26.0. The Bertz CT molecular complexity index is 1720. The van der Waals surface area contributed by atoms with Crippen LogP contribution in [0.5, 0.6) is 5.75 Å². The maximum absolute atomic E-state index is 14.2. The van der Waals surface area contributed by atoms with Crippen molar-refractivity contribution in [3.05, 3.63) is 131 Å². The number of nitrogens with zero attached hydrogens (tertiary/aromatic N) is 1. The predicted octanol–water partition coefficient (Wildman–Crippen LogP) is 5.04. The summed E-state index contributed by atoms with van der Waals surface area (Å²) < 4.78 is 39.0. The molecule has 0 spiro atoms. The Hall–Kier alpha value is -4.22. The van der Waals surface area contributed by atoms with E-state index in [4.69, 9.17) is 31.2 Å². The van der Waals surface area contributed by atoms with Crippen LogP contribution in [-0.2, 0) is 25.9 Å². The van der Waals surface area contributed by atoms with Crippen LogP contribution in [0.3, 0.4) is 0 Å². The fraction of sp³-hybridized carbons (Fsp3) is 0.235. The van der Waals surface area contributed by atoms with E-state index in [0.29, 0.717) is 34.9 Å². The molecule has 9 nitrogen and oxygen atoms in total. The SMILES string of the molecule is O=C(NNCc1cccc(Cl)c1)[C@@]1(CCS(=O)(=O)c2ccccc2)N=C(c2ccc(OCCCO)cc2)O[C@H]1c1ccccc1. The Kier molecular flexibility index (Phi) is 10.5. The molecule has 1 heterocycles. The van der Waals surface area contributed by atoms with Gasteiger partial charge in [-0.1, -0.05) is 72.3 Å². The molecule has 1 amide bonds. The molecule has 0 aliphatic carbocycles. The number of hydrogen-bond donors (Lipinski definition) is 3. The van der Waals surface area contributed by atoms with Crippen molar-refractivity contribution in [2.24, 2.45) is 4.99 Å². The van der Waals surface area contributed by atoms with Gasteiger partial charge in [0.25, 0.3) is 5.91 Å². The van der Waals surface area contributed by atoms with Gasteiger partial charge >= 0.3 is 0 Å². The van der Waals surface area contributed by atoms with E-state index in [1.54, 1.807) is 54.6 Å². The number of sulfone groups is 1. The van der Waals surface area contributed by atoms with Gasteiger partial charge in [-0.15, -0.1) is 0 Å². The van der Waals surface area contributed by atoms with Crippen molar-refractivity contribution in [2.75, 3.05) is 19.0 Å². The third kappa shape index (κ3) is 7.90. The number of aliphatic imine (C=N–C) groups is 1. The lowest BCUT2D eigenvalue weighted by Crippen LogP contribution is -2.53. The molecule has 0 saturated carbocycles. The summed E-state index contributed by atoms with van der Waals surface area (Å²) in [5.74, 6) is -0.0816. The number of hydrazine groups is 1. The summed E-state index contributed by atoms with van der Waals surface area (Å²) in [7, 11) is -3.77. The molecule has 4 aromatic carbocycles. The molecule has 0 saturated heterocycles. The first-order valence-electron chi connectivity index (χ1n) is 14.5. The van der Waals surface area contributed by atoms with E-state index in [0.717, 1.165) is 5.56 Å². The summed E-state index contributed by atoms with van der Waals surface area (Å²) in [5.41, 5.74) is 6.18. The van der Waals surface area contributed by atoms with Gasteiger partial charge in [-0.25, -0.2) is 18.8 Å². The van der Waals surface area contributed by atoms with Crippen LogP contribution in [0.25, 0.3) is 0 Å². The van der Waals surface area contributed by atoms with Gasteiger partial charge in [0.2, 0.25) is 5.90 Å². The zero-order chi connectivity index (χ0) is 31.7. The van der Waals surface area contributed by atoms with Gasteiger partial charge in [-0.3, -0.25) is 10.2 Å². The molecule has 11 heteroatoms. The van der Waals surface area contributed by atoms with Gasteiger partial charge in [0.15, 0.2) is 21.5 Å². The van der Waals surface area contributed by atoms with Crippen LogP contribution in [0.4, 0.5) is 0 Å². The smallest absolute Gasteiger partial charge is 0.266 e. The van der Waals surface area contributed by atoms with Crippen molar-refractivity contribution in [3.8, 4) is 5.75 Å². The van der Waals surface area contributed by atoms with Crippen LogP contribution in [0.1, 0.15) is 35.6 Å². The first kappa shape index (κ1) is 32.2. The second-order valence-corrected chi connectivity index (χ2v) is 13.1. The standard InChI is InChI=1S/C34H34ClN3O6S/c35-28-12-7-9-25(23-28)24-36-38-33(40)34(19-22-45(41,42)30-13-5-2-6-14-30)31(26-10-3-1-4-11-26)44-32(37-34)27-15-17-29(18-16-27)43-21-8-20-39/h1-7,9-18,23,31,36,39H,8,19-22,24H2,(H,38,40)/t31-,34-/m0/s1. The van der Waals surface area contributed by atoms with Gasteiger partial charge in [0, 0.05) is 36.6 Å². The number of amides is 1. The van der Waals surface area contributed by atoms with Crippen molar-refractivity contribution >= 4 is 33.2 Å². The van der Waals surface area contributed by atoms with E-state index in [1.807, 2.05) is 42.5 Å². The zero-order valence-electron chi connectivity index (χ0n) is 24.4. The third-order valence-corrected chi connectivity index (χ3v) is 9.34. The molecule has 1 aliphatic heterocycles. The van der Waals surface area contributed by atoms with E-state index in [2.05, 4.69) is 10.9 Å². The normalized spacial score (nSPS) is 17.7. The minimum atomic E-state index is -3.77. The highest BCUT2D eigenvalue weighted by molar-refractivity contribution is 7.91. The largest absolute Gasteiger partial charge is 0.494 e. The average molecular weight is 648 g/mol. The first-order valence-corrected chi connectivity index (χ1v) is 16.5. The highest BCUT2D eigenvalue weighted by atomic mass is 35.5. The Morgan fingerprint density at radius 3 is 2.36 bits per heavy atom. The molecule has 3 N–H and O–H groups in total. The minimum absolute atomic E-state index is 0.0295. The monoisotopic (exact) mass is 647 g/mol. The number of hydrogen-bond acceptors (Lipinski definition) is 8. The number of carbonyl (C=O) groups excluding carboxylic acids is 1. The highest BCUT2D eigenvalue weighted by Crippen LogP contribution is 2.43. The first-order chi connectivity index (χ1) is 21.8. The molecular formula is C34H34ClN3O6S. The maximum Gasteiger partial charge on any atom is 0.266 e. The van der Waals surface area contributed by atoms with Gasteiger partial charge in [-0.2, -0.15) is 0 Å². The van der Waals surface area contributed by atoms with Crippen molar-refractivity contribution < 1.29 is 27.8 Å². The van der Waals surface area contributed by atoms with Crippen LogP contribution in [0.15, 0.2) is 119 Å². The Labute approximate surface area is 267 Å². The Morgan fingerprint density at radius 1 is 0.956 bits per heavy atom. The molecule has 0 bridgehead atoms. The number of aliphatic hydroxyl groups excluding tert-OH is 1. The fourth-order valence-corrected chi connectivity index (χ4v) is 6.62. The van der Waals surface area contributed by atoms with E-state index in [-0.39, 0.29) is 36.1 Å². The minimum Gasteiger partial charge on any atom is -0.494 e. The van der Waals surface area contributed by atoms with E-state index < -0.39 is 27.4 Å². The molecule has 0 unspecified atom stereocenters. The van der Waals surface area contributed by atoms with Gasteiger partial charge in [-0.05, 0) is 59.7 Å². The van der Waals surface area contributed by atoms with Gasteiger partial charge < -0.3 is 14.6 Å². The van der Waals surface area contributed by atoms with E-state index in [1.165, 1.54) is 12.1 Å². The third-order valence-electron chi connectivity index (χ3n) is 7.37. The van der Waals surface area contributed by atoms with Crippen molar-refractivity contribution in [1.29, 1.82) is 0 Å². The summed E-state index contributed by atoms with van der Waals surface area (Å²) in [5, 5.41) is 9.60. The van der Waals surface area contributed by atoms with Gasteiger partial charge in [0.1, 0.15) is 5.75 Å². The Morgan fingerprint density at radius 2 is 1.67 bits per heavy atom. The molecular weight excluding hydrogens is 614 g/mol. The fourth-order valence-electron chi connectivity index (χ4n) is 5.02. The van der Waals surface area contributed by atoms with Crippen LogP contribution >= 0.6 is 11.6 Å². The lowest BCUT2D eigenvalue weighted by atomic mass is 9.85. The topological polar surface area (TPSA) is 126 Å². The van der Waals surface area contributed by atoms with Crippen LogP contribution in [0.2, 0.25) is 5.02 Å². The average Bonchev–Trinajstić information content (AvgIpc) is 3.46. The highest BCUT2D eigenvalue weighted by Gasteiger charge is 2.53. The molecule has 4 aromatic rings. The summed E-state index contributed by atoms with van der Waals surface area (Å²) in [6.45, 7) is 0.669. The van der Waals surface area contributed by atoms with Crippen LogP contribution in [0, 0.1) is 0 Å². The molecule has 45 heavy (non-hydrogen) atoms. The number of ether oxygens (including phenoxy) is 2. The number of nitrogens with one attached hydrogen (secondary N) is 2. The van der Waals surface area contributed by atoms with Crippen molar-refractivity contribution in [2.45, 2.75) is 35.9 Å². The maximum atomic E-state index is 14.2. The summed E-state index contributed by atoms with van der Waals surface area (Å²) in [6, 6.07) is 31.6. The molecule has 0 radical (unpaired) electrons. The second-order valence-electron chi connectivity index (χ2n) is 10.5. The van der Waals surface area contributed by atoms with Crippen molar-refractivity contribution in [1.82, 2.24) is 10.9 Å². The summed E-state index contributed by atoms with van der Waals surface area (Å²) in [4.78, 5) is 19.3. The van der Waals surface area contributed by atoms with Crippen LogP contribution in [-0.4, -0.2) is 49.8 Å². The lowest BCUT2D eigenvalue weighted by Gasteiger charge is -2.30. The molecule has 0 fully saturated rings. The van der Waals surface area contributed by atoms with Crippen LogP contribution < -0.4 is 15.6 Å². The molecule has 234 valence electrons. The molecule has 0 aromatic heterocycles. The summed E-state index contributed by atoms with van der Waals surface area (Å²) >= 11 is 6.12. The molecule has 2 atom stereocenters. The second kappa shape index (κ2) is 14.7. The van der Waals surface area contributed by atoms with E-state index in [9.17, 15) is 13.2 Å². The number of aliphatic hydroxyl groups is 1. The number of benzene rings is 4. The number of carbonyl (C=O) groups is 1. The number of rotatable bonds is 14. The lowest BCUT2D eigenvalue weighted by molar-refractivity contribution is -0.130. The quantitative estimate of drug-likeness (QED) is 0.129. The van der Waals surface area contributed by atoms with E-state index >= 15 is 0 Å². The summed E-state index contributed by atoms with van der Waals surface area (Å²) in [6.07, 6.45) is -0.570. The number of halogens is 1. The Balaban J connectivity index is 1.49. The predicted molar refractivity (Wildman–Crippen MR) is 173 cm³/mol. The van der Waals surface area contributed by atoms with Crippen molar-refractivity contribution in [3.63, 3.8) is 0 Å².